The van der Waals surface area contributed by atoms with Crippen LogP contribution in [0.5, 0.6) is 11.5 Å². The van der Waals surface area contributed by atoms with E-state index in [1.807, 2.05) is 30.1 Å². The zero-order chi connectivity index (χ0) is 13.5. The van der Waals surface area contributed by atoms with E-state index < -0.39 is 0 Å². The number of ether oxygens (including phenoxy) is 3. The van der Waals surface area contributed by atoms with Crippen LogP contribution in [0.15, 0.2) is 18.2 Å². The van der Waals surface area contributed by atoms with Crippen molar-refractivity contribution in [1.29, 1.82) is 0 Å². The molecule has 0 spiro atoms. The zero-order valence-electron chi connectivity index (χ0n) is 11.2. The summed E-state index contributed by atoms with van der Waals surface area (Å²) in [6.07, 6.45) is 0. The smallest absolute Gasteiger partial charge is 0.319 e. The fourth-order valence-electron chi connectivity index (χ4n) is 1.61. The normalized spacial score (nSPS) is 10.3. The summed E-state index contributed by atoms with van der Waals surface area (Å²) in [5.41, 5.74) is 0.990. The molecule has 0 amide bonds. The summed E-state index contributed by atoms with van der Waals surface area (Å²) in [6, 6.07) is 5.61. The lowest BCUT2D eigenvalue weighted by Crippen LogP contribution is -2.26. The molecule has 0 bridgehead atoms. The van der Waals surface area contributed by atoms with Crippen molar-refractivity contribution in [2.24, 2.45) is 0 Å². The summed E-state index contributed by atoms with van der Waals surface area (Å²) in [5, 5.41) is 0. The molecule has 0 radical (unpaired) electrons. The maximum atomic E-state index is 11.2. The Bertz CT molecular complexity index is 406. The molecule has 0 saturated heterocycles. The number of hydrogen-bond donors (Lipinski definition) is 0. The fraction of sp³-hybridized carbons (Fsp3) is 0.462. The lowest BCUT2D eigenvalue weighted by Gasteiger charge is -2.17. The first-order chi connectivity index (χ1) is 8.60. The van der Waals surface area contributed by atoms with E-state index in [-0.39, 0.29) is 12.5 Å². The molecule has 5 nitrogen and oxygen atoms in total. The minimum absolute atomic E-state index is 0.242. The highest BCUT2D eigenvalue weighted by Crippen LogP contribution is 2.25. The van der Waals surface area contributed by atoms with Gasteiger partial charge in [-0.2, -0.15) is 0 Å². The maximum Gasteiger partial charge on any atom is 0.319 e. The number of hydrogen-bond acceptors (Lipinski definition) is 5. The quantitative estimate of drug-likeness (QED) is 0.715. The van der Waals surface area contributed by atoms with Gasteiger partial charge in [0.1, 0.15) is 11.5 Å². The van der Waals surface area contributed by atoms with Crippen molar-refractivity contribution >= 4 is 5.97 Å². The zero-order valence-corrected chi connectivity index (χ0v) is 11.2. The Hall–Kier alpha value is -1.75. The predicted octanol–water partition coefficient (Wildman–Crippen LogP) is 1.31. The molecule has 0 aliphatic carbocycles. The molecule has 100 valence electrons. The third-order valence-electron chi connectivity index (χ3n) is 2.56. The standard InChI is InChI=1S/C13H19NO4/c1-14(9-13(15)18-4)8-10-5-6-11(16-2)7-12(10)17-3/h5-7H,8-9H2,1-4H3. The van der Waals surface area contributed by atoms with Crippen LogP contribution in [0.25, 0.3) is 0 Å². The lowest BCUT2D eigenvalue weighted by molar-refractivity contribution is -0.141. The number of carbonyl (C=O) groups excluding carboxylic acids is 1. The third kappa shape index (κ3) is 3.92. The van der Waals surface area contributed by atoms with Gasteiger partial charge in [0.05, 0.1) is 27.9 Å². The van der Waals surface area contributed by atoms with Crippen LogP contribution in [0.2, 0.25) is 0 Å². The van der Waals surface area contributed by atoms with Gasteiger partial charge in [0, 0.05) is 18.2 Å². The summed E-state index contributed by atoms with van der Waals surface area (Å²) < 4.78 is 15.0. The second kappa shape index (κ2) is 6.86. The number of carbonyl (C=O) groups is 1. The van der Waals surface area contributed by atoms with Gasteiger partial charge < -0.3 is 14.2 Å². The fourth-order valence-corrected chi connectivity index (χ4v) is 1.61. The van der Waals surface area contributed by atoms with E-state index in [0.29, 0.717) is 6.54 Å². The topological polar surface area (TPSA) is 48.0 Å². The van der Waals surface area contributed by atoms with Crippen LogP contribution < -0.4 is 9.47 Å². The Labute approximate surface area is 107 Å². The highest BCUT2D eigenvalue weighted by molar-refractivity contribution is 5.71. The van der Waals surface area contributed by atoms with Crippen molar-refractivity contribution in [1.82, 2.24) is 4.90 Å². The van der Waals surface area contributed by atoms with Gasteiger partial charge in [-0.1, -0.05) is 6.07 Å². The van der Waals surface area contributed by atoms with Gasteiger partial charge in [0.15, 0.2) is 0 Å². The van der Waals surface area contributed by atoms with Gasteiger partial charge in [-0.25, -0.2) is 0 Å². The summed E-state index contributed by atoms with van der Waals surface area (Å²) in [7, 11) is 6.45. The van der Waals surface area contributed by atoms with E-state index in [2.05, 4.69) is 4.74 Å². The largest absolute Gasteiger partial charge is 0.497 e. The van der Waals surface area contributed by atoms with E-state index in [4.69, 9.17) is 9.47 Å². The molecule has 18 heavy (non-hydrogen) atoms. The molecule has 5 heteroatoms. The Morgan fingerprint density at radius 1 is 1.22 bits per heavy atom. The molecule has 0 aromatic heterocycles. The Balaban J connectivity index is 2.74. The second-order valence-corrected chi connectivity index (χ2v) is 3.93. The molecule has 1 aromatic carbocycles. The van der Waals surface area contributed by atoms with Gasteiger partial charge in [0.2, 0.25) is 0 Å². The number of nitrogens with zero attached hydrogens (tertiary/aromatic N) is 1. The summed E-state index contributed by atoms with van der Waals surface area (Å²) in [4.78, 5) is 13.0. The van der Waals surface area contributed by atoms with Crippen molar-refractivity contribution in [3.63, 3.8) is 0 Å². The van der Waals surface area contributed by atoms with Gasteiger partial charge in [-0.15, -0.1) is 0 Å². The van der Waals surface area contributed by atoms with Crippen molar-refractivity contribution in [3.05, 3.63) is 23.8 Å². The summed E-state index contributed by atoms with van der Waals surface area (Å²) in [6.45, 7) is 0.841. The van der Waals surface area contributed by atoms with Gasteiger partial charge in [-0.05, 0) is 13.1 Å². The molecule has 1 rings (SSSR count). The van der Waals surface area contributed by atoms with Gasteiger partial charge >= 0.3 is 5.97 Å². The molecule has 0 fully saturated rings. The third-order valence-corrected chi connectivity index (χ3v) is 2.56. The Kier molecular flexibility index (Phi) is 5.45. The van der Waals surface area contributed by atoms with Crippen molar-refractivity contribution < 1.29 is 19.0 Å². The first-order valence-corrected chi connectivity index (χ1v) is 5.57. The highest BCUT2D eigenvalue weighted by atomic mass is 16.5. The van der Waals surface area contributed by atoms with E-state index in [1.54, 1.807) is 14.2 Å². The molecule has 0 heterocycles. The van der Waals surface area contributed by atoms with E-state index >= 15 is 0 Å². The number of benzene rings is 1. The first kappa shape index (κ1) is 14.3. The van der Waals surface area contributed by atoms with Crippen molar-refractivity contribution in [3.8, 4) is 11.5 Å². The minimum atomic E-state index is -0.259. The molecule has 0 aliphatic heterocycles. The Morgan fingerprint density at radius 2 is 1.94 bits per heavy atom. The highest BCUT2D eigenvalue weighted by Gasteiger charge is 2.10. The van der Waals surface area contributed by atoms with E-state index in [1.165, 1.54) is 7.11 Å². The molecule has 0 N–H and O–H groups in total. The van der Waals surface area contributed by atoms with Crippen LogP contribution in [0.3, 0.4) is 0 Å². The number of esters is 1. The maximum absolute atomic E-state index is 11.2. The van der Waals surface area contributed by atoms with Gasteiger partial charge in [0.25, 0.3) is 0 Å². The van der Waals surface area contributed by atoms with Crippen LogP contribution in [0, 0.1) is 0 Å². The molecular formula is C13H19NO4. The van der Waals surface area contributed by atoms with E-state index in [9.17, 15) is 4.79 Å². The molecule has 0 unspecified atom stereocenters. The molecule has 0 aliphatic rings. The number of likely N-dealkylation sites (N-methyl/N-ethyl adjacent to an activating group) is 1. The van der Waals surface area contributed by atoms with Gasteiger partial charge in [-0.3, -0.25) is 9.69 Å². The molecular weight excluding hydrogens is 234 g/mol. The monoisotopic (exact) mass is 253 g/mol. The van der Waals surface area contributed by atoms with Crippen molar-refractivity contribution in [2.75, 3.05) is 34.9 Å². The predicted molar refractivity (Wildman–Crippen MR) is 67.9 cm³/mol. The molecule has 1 aromatic rings. The molecule has 0 saturated carbocycles. The van der Waals surface area contributed by atoms with Crippen LogP contribution in [0.1, 0.15) is 5.56 Å². The number of methoxy groups -OCH3 is 3. The van der Waals surface area contributed by atoms with Crippen LogP contribution in [-0.2, 0) is 16.1 Å². The Morgan fingerprint density at radius 3 is 2.50 bits per heavy atom. The minimum Gasteiger partial charge on any atom is -0.497 e. The van der Waals surface area contributed by atoms with Crippen LogP contribution in [0.4, 0.5) is 0 Å². The van der Waals surface area contributed by atoms with Crippen LogP contribution >= 0.6 is 0 Å². The molecule has 0 atom stereocenters. The summed E-state index contributed by atoms with van der Waals surface area (Å²) >= 11 is 0. The summed E-state index contributed by atoms with van der Waals surface area (Å²) in [5.74, 6) is 1.22. The first-order valence-electron chi connectivity index (χ1n) is 5.57. The average Bonchev–Trinajstić information content (AvgIpc) is 2.38. The van der Waals surface area contributed by atoms with E-state index in [0.717, 1.165) is 17.1 Å². The average molecular weight is 253 g/mol. The SMILES string of the molecule is COC(=O)CN(C)Cc1ccc(OC)cc1OC. The second-order valence-electron chi connectivity index (χ2n) is 3.93. The van der Waals surface area contributed by atoms with Crippen LogP contribution in [-0.4, -0.2) is 45.8 Å². The number of rotatable bonds is 6. The lowest BCUT2D eigenvalue weighted by atomic mass is 10.2. The van der Waals surface area contributed by atoms with Crippen molar-refractivity contribution in [2.45, 2.75) is 6.54 Å².